The molecular weight excluding hydrogens is 261 g/mol. The maximum absolute atomic E-state index is 13.2. The Bertz CT molecular complexity index is 659. The lowest BCUT2D eigenvalue weighted by molar-refractivity contribution is -0.384. The molecule has 5 nitrogen and oxygen atoms in total. The third-order valence-electron chi connectivity index (χ3n) is 2.90. The van der Waals surface area contributed by atoms with Crippen molar-refractivity contribution >= 4 is 22.7 Å². The number of nitrogens with zero attached hydrogens (tertiary/aromatic N) is 1. The third-order valence-corrected chi connectivity index (χ3v) is 2.90. The Morgan fingerprint density at radius 3 is 2.50 bits per heavy atom. The summed E-state index contributed by atoms with van der Waals surface area (Å²) in [5.41, 5.74) is 2.53. The normalized spacial score (nSPS) is 10.2. The number of aryl methyl sites for hydroxylation is 1. The van der Waals surface area contributed by atoms with Gasteiger partial charge in [0.1, 0.15) is 5.82 Å². The quantitative estimate of drug-likeness (QED) is 0.657. The molecule has 2 rings (SSSR count). The molecule has 0 aromatic heterocycles. The zero-order chi connectivity index (χ0) is 14.7. The summed E-state index contributed by atoms with van der Waals surface area (Å²) in [7, 11) is 1.68. The fourth-order valence-electron chi connectivity index (χ4n) is 1.82. The number of rotatable bonds is 4. The van der Waals surface area contributed by atoms with E-state index >= 15 is 0 Å². The van der Waals surface area contributed by atoms with Crippen LogP contribution in [0.3, 0.4) is 0 Å². The summed E-state index contributed by atoms with van der Waals surface area (Å²) >= 11 is 0. The van der Waals surface area contributed by atoms with Crippen molar-refractivity contribution in [2.45, 2.75) is 6.92 Å². The van der Waals surface area contributed by atoms with Gasteiger partial charge >= 0.3 is 0 Å². The second-order valence-electron chi connectivity index (χ2n) is 4.36. The molecule has 0 bridgehead atoms. The van der Waals surface area contributed by atoms with Crippen LogP contribution in [-0.4, -0.2) is 12.0 Å². The van der Waals surface area contributed by atoms with Crippen LogP contribution in [0.15, 0.2) is 36.4 Å². The fraction of sp³-hybridized carbons (Fsp3) is 0.143. The van der Waals surface area contributed by atoms with Gasteiger partial charge in [-0.25, -0.2) is 4.39 Å². The van der Waals surface area contributed by atoms with E-state index in [1.165, 1.54) is 24.3 Å². The van der Waals surface area contributed by atoms with Crippen molar-refractivity contribution in [1.82, 2.24) is 0 Å². The maximum atomic E-state index is 13.2. The van der Waals surface area contributed by atoms with Crippen molar-refractivity contribution in [1.29, 1.82) is 0 Å². The number of nitrogens with one attached hydrogen (secondary N) is 2. The first-order valence-electron chi connectivity index (χ1n) is 6.00. The minimum atomic E-state index is -0.468. The Morgan fingerprint density at radius 2 is 1.85 bits per heavy atom. The first-order chi connectivity index (χ1) is 9.49. The van der Waals surface area contributed by atoms with Crippen molar-refractivity contribution in [3.05, 3.63) is 57.9 Å². The van der Waals surface area contributed by atoms with Gasteiger partial charge in [0.2, 0.25) is 0 Å². The minimum absolute atomic E-state index is 0.0339. The van der Waals surface area contributed by atoms with Gasteiger partial charge < -0.3 is 10.6 Å². The van der Waals surface area contributed by atoms with Crippen LogP contribution in [0.1, 0.15) is 5.56 Å². The first-order valence-corrected chi connectivity index (χ1v) is 6.00. The van der Waals surface area contributed by atoms with Crippen LogP contribution in [0.2, 0.25) is 0 Å². The van der Waals surface area contributed by atoms with Crippen LogP contribution >= 0.6 is 0 Å². The molecular formula is C14H14FN3O2. The smallest absolute Gasteiger partial charge is 0.273 e. The van der Waals surface area contributed by atoms with Gasteiger partial charge in [0, 0.05) is 36.2 Å². The molecule has 0 aliphatic carbocycles. The van der Waals surface area contributed by atoms with Gasteiger partial charge in [-0.2, -0.15) is 0 Å². The van der Waals surface area contributed by atoms with Crippen LogP contribution in [0, 0.1) is 22.9 Å². The van der Waals surface area contributed by atoms with E-state index in [1.54, 1.807) is 19.2 Å². The molecule has 0 spiro atoms. The van der Waals surface area contributed by atoms with Gasteiger partial charge in [-0.3, -0.25) is 10.1 Å². The largest absolute Gasteiger partial charge is 0.388 e. The summed E-state index contributed by atoms with van der Waals surface area (Å²) < 4.78 is 13.2. The van der Waals surface area contributed by atoms with Crippen molar-refractivity contribution < 1.29 is 9.31 Å². The lowest BCUT2D eigenvalue weighted by Gasteiger charge is -2.11. The lowest BCUT2D eigenvalue weighted by atomic mass is 10.1. The van der Waals surface area contributed by atoms with E-state index in [0.29, 0.717) is 17.1 Å². The monoisotopic (exact) mass is 275 g/mol. The van der Waals surface area contributed by atoms with E-state index in [4.69, 9.17) is 0 Å². The summed E-state index contributed by atoms with van der Waals surface area (Å²) in [6.45, 7) is 1.83. The third kappa shape index (κ3) is 3.03. The molecule has 6 heteroatoms. The van der Waals surface area contributed by atoms with Gasteiger partial charge in [-0.15, -0.1) is 0 Å². The number of hydrogen-bond donors (Lipinski definition) is 2. The van der Waals surface area contributed by atoms with E-state index in [-0.39, 0.29) is 11.5 Å². The Morgan fingerprint density at radius 1 is 1.15 bits per heavy atom. The number of anilines is 3. The Hall–Kier alpha value is -2.63. The van der Waals surface area contributed by atoms with E-state index in [0.717, 1.165) is 5.56 Å². The summed E-state index contributed by atoms with van der Waals surface area (Å²) in [6.07, 6.45) is 0. The van der Waals surface area contributed by atoms with E-state index in [9.17, 15) is 14.5 Å². The average molecular weight is 275 g/mol. The predicted octanol–water partition coefficient (Wildman–Crippen LogP) is 3.83. The Kier molecular flexibility index (Phi) is 3.84. The van der Waals surface area contributed by atoms with E-state index in [2.05, 4.69) is 10.6 Å². The molecule has 0 aliphatic heterocycles. The second kappa shape index (κ2) is 5.56. The van der Waals surface area contributed by atoms with Crippen molar-refractivity contribution in [2.75, 3.05) is 17.7 Å². The van der Waals surface area contributed by atoms with E-state index in [1.807, 2.05) is 6.92 Å². The topological polar surface area (TPSA) is 67.2 Å². The first kappa shape index (κ1) is 13.8. The van der Waals surface area contributed by atoms with Gasteiger partial charge in [-0.05, 0) is 30.7 Å². The number of non-ortho nitro benzene ring substituents is 1. The molecule has 0 aliphatic rings. The number of hydrogen-bond acceptors (Lipinski definition) is 4. The van der Waals surface area contributed by atoms with Crippen molar-refractivity contribution in [2.24, 2.45) is 0 Å². The highest BCUT2D eigenvalue weighted by atomic mass is 19.1. The average Bonchev–Trinajstić information content (AvgIpc) is 2.42. The van der Waals surface area contributed by atoms with Gasteiger partial charge in [-0.1, -0.05) is 6.07 Å². The summed E-state index contributed by atoms with van der Waals surface area (Å²) in [5.74, 6) is -0.364. The summed E-state index contributed by atoms with van der Waals surface area (Å²) in [5, 5.41) is 16.7. The zero-order valence-corrected chi connectivity index (χ0v) is 11.1. The van der Waals surface area contributed by atoms with Gasteiger partial charge in [0.15, 0.2) is 0 Å². The van der Waals surface area contributed by atoms with Crippen LogP contribution in [-0.2, 0) is 0 Å². The molecule has 2 aromatic rings. The standard InChI is InChI=1S/C14H14FN3O2/c1-9-3-4-10(15)5-14(9)17-12-6-11(16-2)7-13(8-12)18(19)20/h3-8,16-17H,1-2H3. The second-order valence-corrected chi connectivity index (χ2v) is 4.36. The van der Waals surface area contributed by atoms with Gasteiger partial charge in [0.05, 0.1) is 4.92 Å². The molecule has 0 saturated carbocycles. The van der Waals surface area contributed by atoms with Crippen molar-refractivity contribution in [3.8, 4) is 0 Å². The van der Waals surface area contributed by atoms with Crippen LogP contribution in [0.5, 0.6) is 0 Å². The number of benzene rings is 2. The van der Waals surface area contributed by atoms with Crippen LogP contribution in [0.25, 0.3) is 0 Å². The number of nitro groups is 1. The zero-order valence-electron chi connectivity index (χ0n) is 11.1. The highest BCUT2D eigenvalue weighted by Gasteiger charge is 2.10. The fourth-order valence-corrected chi connectivity index (χ4v) is 1.82. The Labute approximate surface area is 115 Å². The number of nitro benzene ring substituents is 1. The minimum Gasteiger partial charge on any atom is -0.388 e. The lowest BCUT2D eigenvalue weighted by Crippen LogP contribution is -1.98. The molecule has 0 unspecified atom stereocenters. The SMILES string of the molecule is CNc1cc(Nc2cc(F)ccc2C)cc([N+](=O)[O-])c1. The molecule has 2 aromatic carbocycles. The molecule has 20 heavy (non-hydrogen) atoms. The van der Waals surface area contributed by atoms with Crippen LogP contribution < -0.4 is 10.6 Å². The molecule has 0 fully saturated rings. The maximum Gasteiger partial charge on any atom is 0.273 e. The molecule has 2 N–H and O–H groups in total. The molecule has 0 radical (unpaired) electrons. The van der Waals surface area contributed by atoms with Gasteiger partial charge in [0.25, 0.3) is 5.69 Å². The number of halogens is 1. The Balaban J connectivity index is 2.39. The highest BCUT2D eigenvalue weighted by Crippen LogP contribution is 2.28. The predicted molar refractivity (Wildman–Crippen MR) is 77.1 cm³/mol. The van der Waals surface area contributed by atoms with Crippen LogP contribution in [0.4, 0.5) is 27.1 Å². The molecule has 0 saturated heterocycles. The molecule has 104 valence electrons. The molecule has 0 amide bonds. The summed E-state index contributed by atoms with van der Waals surface area (Å²) in [4.78, 5) is 10.4. The van der Waals surface area contributed by atoms with Crippen molar-refractivity contribution in [3.63, 3.8) is 0 Å². The highest BCUT2D eigenvalue weighted by molar-refractivity contribution is 5.70. The summed E-state index contributed by atoms with van der Waals surface area (Å²) in [6, 6.07) is 8.93. The molecule has 0 atom stereocenters. The van der Waals surface area contributed by atoms with E-state index < -0.39 is 4.92 Å². The molecule has 0 heterocycles.